The molecule has 0 spiro atoms. The predicted molar refractivity (Wildman–Crippen MR) is 94.2 cm³/mol. The second-order valence-electron chi connectivity index (χ2n) is 4.93. The van der Waals surface area contributed by atoms with Gasteiger partial charge in [0, 0.05) is 13.5 Å². The number of esters is 1. The van der Waals surface area contributed by atoms with E-state index in [0.717, 1.165) is 5.56 Å². The Morgan fingerprint density at radius 3 is 2.40 bits per heavy atom. The zero-order chi connectivity index (χ0) is 18.5. The molecule has 3 N–H and O–H groups in total. The lowest BCUT2D eigenvalue weighted by Gasteiger charge is -2.10. The monoisotopic (exact) mass is 367 g/mol. The number of benzene rings is 1. The molecule has 1 aromatic rings. The summed E-state index contributed by atoms with van der Waals surface area (Å²) in [6, 6.07) is 9.18. The molecule has 0 aliphatic heterocycles. The molecule has 0 fully saturated rings. The molecule has 25 heavy (non-hydrogen) atoms. The predicted octanol–water partition coefficient (Wildman–Crippen LogP) is 0.221. The van der Waals surface area contributed by atoms with Crippen molar-refractivity contribution in [3.05, 3.63) is 35.9 Å². The highest BCUT2D eigenvalue weighted by atomic mass is 32.1. The molecule has 0 radical (unpaired) electrons. The van der Waals surface area contributed by atoms with Crippen molar-refractivity contribution < 1.29 is 23.9 Å². The van der Waals surface area contributed by atoms with Gasteiger partial charge < -0.3 is 14.8 Å². The maximum Gasteiger partial charge on any atom is 0.306 e. The van der Waals surface area contributed by atoms with Gasteiger partial charge in [-0.2, -0.15) is 0 Å². The number of hydrogen-bond donors (Lipinski definition) is 3. The summed E-state index contributed by atoms with van der Waals surface area (Å²) in [5.41, 5.74) is 5.67. The Hall–Kier alpha value is -2.52. The van der Waals surface area contributed by atoms with Crippen LogP contribution in [-0.2, 0) is 30.3 Å². The van der Waals surface area contributed by atoms with Crippen molar-refractivity contribution in [3.63, 3.8) is 0 Å². The molecule has 0 heterocycles. The standard InChI is InChI=1S/C16H21N3O5S/c1-23-9-10-24-15(22)8-7-13(20)17-16(25)19-18-14(21)11-12-5-3-2-4-6-12/h2-6H,7-11H2,1H3,(H,18,21)(H2,17,19,20,25). The first-order valence-electron chi connectivity index (χ1n) is 7.58. The summed E-state index contributed by atoms with van der Waals surface area (Å²) in [6.45, 7) is 0.443. The van der Waals surface area contributed by atoms with Crippen molar-refractivity contribution in [1.29, 1.82) is 0 Å². The lowest BCUT2D eigenvalue weighted by atomic mass is 10.1. The molecule has 0 atom stereocenters. The topological polar surface area (TPSA) is 106 Å². The molecule has 8 nitrogen and oxygen atoms in total. The minimum absolute atomic E-state index is 0.0563. The average molecular weight is 367 g/mol. The third kappa shape index (κ3) is 10.0. The summed E-state index contributed by atoms with van der Waals surface area (Å²) in [7, 11) is 1.49. The molecule has 0 unspecified atom stereocenters. The first-order valence-corrected chi connectivity index (χ1v) is 7.99. The average Bonchev–Trinajstić information content (AvgIpc) is 2.59. The van der Waals surface area contributed by atoms with Gasteiger partial charge in [-0.1, -0.05) is 30.3 Å². The van der Waals surface area contributed by atoms with E-state index in [1.165, 1.54) is 7.11 Å². The fourth-order valence-electron chi connectivity index (χ4n) is 1.70. The van der Waals surface area contributed by atoms with E-state index in [1.54, 1.807) is 0 Å². The summed E-state index contributed by atoms with van der Waals surface area (Å²) in [5.74, 6) is -1.26. The van der Waals surface area contributed by atoms with Crippen LogP contribution in [0.2, 0.25) is 0 Å². The highest BCUT2D eigenvalue weighted by Crippen LogP contribution is 1.98. The van der Waals surface area contributed by atoms with Crippen LogP contribution >= 0.6 is 12.2 Å². The van der Waals surface area contributed by atoms with Crippen molar-refractivity contribution in [2.24, 2.45) is 0 Å². The number of carbonyl (C=O) groups excluding carboxylic acids is 3. The molecular formula is C16H21N3O5S. The van der Waals surface area contributed by atoms with Crippen LogP contribution in [0.4, 0.5) is 0 Å². The van der Waals surface area contributed by atoms with Crippen LogP contribution < -0.4 is 16.2 Å². The Morgan fingerprint density at radius 2 is 1.72 bits per heavy atom. The zero-order valence-corrected chi connectivity index (χ0v) is 14.7. The lowest BCUT2D eigenvalue weighted by molar-refractivity contribution is -0.146. The van der Waals surface area contributed by atoms with Crippen LogP contribution in [0.3, 0.4) is 0 Å². The SMILES string of the molecule is COCCOC(=O)CCC(=O)NC(=S)NNC(=O)Cc1ccccc1. The zero-order valence-electron chi connectivity index (χ0n) is 13.9. The number of nitrogens with one attached hydrogen (secondary N) is 3. The van der Waals surface area contributed by atoms with Crippen molar-refractivity contribution in [1.82, 2.24) is 16.2 Å². The number of thiocarbonyl (C=S) groups is 1. The summed E-state index contributed by atoms with van der Waals surface area (Å²) in [4.78, 5) is 34.7. The Kier molecular flexibility index (Phi) is 9.79. The first-order chi connectivity index (χ1) is 12.0. The number of amides is 2. The molecule has 1 rings (SSSR count). The molecule has 9 heteroatoms. The Morgan fingerprint density at radius 1 is 1.00 bits per heavy atom. The molecule has 0 bridgehead atoms. The quantitative estimate of drug-likeness (QED) is 0.261. The van der Waals surface area contributed by atoms with Gasteiger partial charge in [-0.3, -0.25) is 25.2 Å². The van der Waals surface area contributed by atoms with Gasteiger partial charge in [0.25, 0.3) is 0 Å². The third-order valence-electron chi connectivity index (χ3n) is 2.88. The van der Waals surface area contributed by atoms with E-state index in [1.807, 2.05) is 30.3 Å². The van der Waals surface area contributed by atoms with Gasteiger partial charge in [0.05, 0.1) is 19.4 Å². The van der Waals surface area contributed by atoms with Gasteiger partial charge in [0.1, 0.15) is 6.61 Å². The molecule has 136 valence electrons. The summed E-state index contributed by atoms with van der Waals surface area (Å²) in [6.07, 6.45) is 0.0296. The van der Waals surface area contributed by atoms with E-state index in [-0.39, 0.29) is 36.9 Å². The van der Waals surface area contributed by atoms with Crippen molar-refractivity contribution in [3.8, 4) is 0 Å². The Balaban J connectivity index is 2.17. The highest BCUT2D eigenvalue weighted by molar-refractivity contribution is 7.80. The van der Waals surface area contributed by atoms with Gasteiger partial charge in [-0.15, -0.1) is 0 Å². The molecule has 1 aromatic carbocycles. The van der Waals surface area contributed by atoms with E-state index < -0.39 is 11.9 Å². The van der Waals surface area contributed by atoms with Crippen molar-refractivity contribution in [2.45, 2.75) is 19.3 Å². The van der Waals surface area contributed by atoms with E-state index in [2.05, 4.69) is 16.2 Å². The van der Waals surface area contributed by atoms with Crippen LogP contribution in [0.1, 0.15) is 18.4 Å². The molecule has 0 aromatic heterocycles. The molecule has 0 saturated carbocycles. The minimum Gasteiger partial charge on any atom is -0.463 e. The Bertz CT molecular complexity index is 595. The number of carbonyl (C=O) groups is 3. The molecular weight excluding hydrogens is 346 g/mol. The van der Waals surface area contributed by atoms with E-state index >= 15 is 0 Å². The number of rotatable bonds is 8. The largest absolute Gasteiger partial charge is 0.463 e. The van der Waals surface area contributed by atoms with Crippen LogP contribution in [-0.4, -0.2) is 43.2 Å². The van der Waals surface area contributed by atoms with Crippen LogP contribution in [0.5, 0.6) is 0 Å². The smallest absolute Gasteiger partial charge is 0.306 e. The highest BCUT2D eigenvalue weighted by Gasteiger charge is 2.10. The number of hydrazine groups is 1. The first kappa shape index (κ1) is 20.5. The summed E-state index contributed by atoms with van der Waals surface area (Å²) < 4.78 is 9.56. The normalized spacial score (nSPS) is 9.80. The fraction of sp³-hybridized carbons (Fsp3) is 0.375. The summed E-state index contributed by atoms with van der Waals surface area (Å²) >= 11 is 4.89. The second kappa shape index (κ2) is 11.9. The fourth-order valence-corrected chi connectivity index (χ4v) is 1.86. The molecule has 0 saturated heterocycles. The van der Waals surface area contributed by atoms with E-state index in [0.29, 0.717) is 6.61 Å². The Labute approximate surface area is 151 Å². The van der Waals surface area contributed by atoms with Gasteiger partial charge in [-0.25, -0.2) is 0 Å². The third-order valence-corrected chi connectivity index (χ3v) is 3.09. The number of hydrogen-bond acceptors (Lipinski definition) is 6. The maximum absolute atomic E-state index is 11.7. The molecule has 0 aliphatic carbocycles. The number of methoxy groups -OCH3 is 1. The maximum atomic E-state index is 11.7. The van der Waals surface area contributed by atoms with Crippen LogP contribution in [0.15, 0.2) is 30.3 Å². The van der Waals surface area contributed by atoms with Crippen LogP contribution in [0.25, 0.3) is 0 Å². The van der Waals surface area contributed by atoms with Gasteiger partial charge in [-0.05, 0) is 17.8 Å². The van der Waals surface area contributed by atoms with Gasteiger partial charge in [0.15, 0.2) is 5.11 Å². The second-order valence-corrected chi connectivity index (χ2v) is 5.33. The summed E-state index contributed by atoms with van der Waals surface area (Å²) in [5, 5.41) is 2.30. The van der Waals surface area contributed by atoms with Crippen molar-refractivity contribution in [2.75, 3.05) is 20.3 Å². The van der Waals surface area contributed by atoms with E-state index in [9.17, 15) is 14.4 Å². The van der Waals surface area contributed by atoms with Gasteiger partial charge >= 0.3 is 5.97 Å². The van der Waals surface area contributed by atoms with Gasteiger partial charge in [0.2, 0.25) is 11.8 Å². The minimum atomic E-state index is -0.498. The molecule has 0 aliphatic rings. The van der Waals surface area contributed by atoms with Crippen LogP contribution in [0, 0.1) is 0 Å². The lowest BCUT2D eigenvalue weighted by Crippen LogP contribution is -2.48. The molecule has 2 amide bonds. The van der Waals surface area contributed by atoms with Crippen molar-refractivity contribution >= 4 is 35.1 Å². The van der Waals surface area contributed by atoms with E-state index in [4.69, 9.17) is 21.7 Å². The number of ether oxygens (including phenoxy) is 2.